The van der Waals surface area contributed by atoms with E-state index in [0.717, 1.165) is 45.3 Å². The Morgan fingerprint density at radius 3 is 2.49 bits per heavy atom. The molecule has 0 atom stereocenters. The third kappa shape index (κ3) is 5.47. The van der Waals surface area contributed by atoms with Crippen molar-refractivity contribution < 1.29 is 18.8 Å². The van der Waals surface area contributed by atoms with E-state index in [-0.39, 0.29) is 24.5 Å². The van der Waals surface area contributed by atoms with E-state index in [4.69, 9.17) is 19.0 Å². The smallest absolute Gasteiger partial charge is 0.330 e. The summed E-state index contributed by atoms with van der Waals surface area (Å²) in [5.74, 6) is 0.568. The number of hydrogen-bond acceptors (Lipinski definition) is 7. The van der Waals surface area contributed by atoms with Crippen molar-refractivity contribution in [3.05, 3.63) is 90.7 Å². The number of aromatic nitrogens is 3. The number of ether oxygens (including phenoxy) is 2. The number of H-pyrrole nitrogens is 1. The summed E-state index contributed by atoms with van der Waals surface area (Å²) in [5, 5.41) is 4.80. The predicted octanol–water partition coefficient (Wildman–Crippen LogP) is 3.15. The number of nitrogens with one attached hydrogen (secondary N) is 2. The average Bonchev–Trinajstić information content (AvgIpc) is 3.38. The molecule has 0 aliphatic carbocycles. The fourth-order valence-electron chi connectivity index (χ4n) is 5.30. The Labute approximate surface area is 236 Å². The van der Waals surface area contributed by atoms with Gasteiger partial charge >= 0.3 is 5.69 Å². The SMILES string of the molecule is CCOc1cc2c(cc1OC)-c1cc(=Nc3c(C)cc(C)cc3C)n(CCNC(=O)c3cc(=O)[nH]o3)c(=O)n1CC2. The van der Waals surface area contributed by atoms with Crippen molar-refractivity contribution in [2.45, 2.75) is 47.2 Å². The van der Waals surface area contributed by atoms with Crippen molar-refractivity contribution in [1.82, 2.24) is 19.6 Å². The molecule has 2 aromatic heterocycles. The zero-order valence-corrected chi connectivity index (χ0v) is 23.8. The lowest BCUT2D eigenvalue weighted by atomic mass is 9.97. The molecular weight excluding hydrogens is 526 g/mol. The highest BCUT2D eigenvalue weighted by Crippen LogP contribution is 2.37. The van der Waals surface area contributed by atoms with Gasteiger partial charge in [-0.05, 0) is 62.9 Å². The summed E-state index contributed by atoms with van der Waals surface area (Å²) in [6, 6.07) is 11.0. The highest BCUT2D eigenvalue weighted by Gasteiger charge is 2.23. The molecule has 0 saturated heterocycles. The Bertz CT molecular complexity index is 1800. The maximum absolute atomic E-state index is 14.0. The number of fused-ring (bicyclic) bond motifs is 3. The number of rotatable bonds is 8. The molecule has 1 amide bonds. The Morgan fingerprint density at radius 2 is 1.83 bits per heavy atom. The fraction of sp³-hybridized carbons (Fsp3) is 0.333. The second-order valence-electron chi connectivity index (χ2n) is 10.0. The molecule has 3 heterocycles. The van der Waals surface area contributed by atoms with Crippen molar-refractivity contribution in [2.75, 3.05) is 20.3 Å². The molecule has 11 nitrogen and oxygen atoms in total. The number of methoxy groups -OCH3 is 1. The van der Waals surface area contributed by atoms with E-state index in [1.165, 1.54) is 0 Å². The normalized spacial score (nSPS) is 12.6. The van der Waals surface area contributed by atoms with Crippen molar-refractivity contribution in [2.24, 2.45) is 4.99 Å². The molecule has 0 fully saturated rings. The van der Waals surface area contributed by atoms with Gasteiger partial charge in [-0.25, -0.2) is 9.79 Å². The number of carbonyl (C=O) groups is 1. The summed E-state index contributed by atoms with van der Waals surface area (Å²) in [7, 11) is 1.59. The molecule has 0 saturated carbocycles. The second kappa shape index (κ2) is 11.4. The van der Waals surface area contributed by atoms with Gasteiger partial charge in [-0.15, -0.1) is 0 Å². The summed E-state index contributed by atoms with van der Waals surface area (Å²) in [5.41, 5.74) is 6.27. The number of amides is 1. The highest BCUT2D eigenvalue weighted by molar-refractivity contribution is 5.91. The molecule has 0 radical (unpaired) electrons. The largest absolute Gasteiger partial charge is 0.493 e. The number of carbonyl (C=O) groups excluding carboxylic acids is 1. The number of aryl methyl sites for hydroxylation is 4. The molecule has 1 aliphatic heterocycles. The molecule has 4 aromatic rings. The third-order valence-electron chi connectivity index (χ3n) is 7.10. The molecule has 11 heteroatoms. The van der Waals surface area contributed by atoms with Crippen LogP contribution in [0.2, 0.25) is 0 Å². The molecule has 41 heavy (non-hydrogen) atoms. The van der Waals surface area contributed by atoms with Crippen molar-refractivity contribution in [1.29, 1.82) is 0 Å². The van der Waals surface area contributed by atoms with Crippen molar-refractivity contribution in [3.8, 4) is 22.8 Å². The van der Waals surface area contributed by atoms with Gasteiger partial charge in [-0.2, -0.15) is 5.16 Å². The summed E-state index contributed by atoms with van der Waals surface area (Å²) < 4.78 is 19.6. The Hall–Kier alpha value is -4.80. The van der Waals surface area contributed by atoms with Crippen LogP contribution in [0.5, 0.6) is 11.5 Å². The van der Waals surface area contributed by atoms with Crippen LogP contribution >= 0.6 is 0 Å². The van der Waals surface area contributed by atoms with Crippen LogP contribution in [0.1, 0.15) is 39.7 Å². The number of hydrogen-bond donors (Lipinski definition) is 2. The molecule has 1 aliphatic rings. The Balaban J connectivity index is 1.63. The summed E-state index contributed by atoms with van der Waals surface area (Å²) in [6.45, 7) is 9.20. The Morgan fingerprint density at radius 1 is 1.07 bits per heavy atom. The van der Waals surface area contributed by atoms with Gasteiger partial charge in [-0.3, -0.25) is 18.7 Å². The first-order valence-electron chi connectivity index (χ1n) is 13.5. The van der Waals surface area contributed by atoms with Gasteiger partial charge in [0.15, 0.2) is 11.5 Å². The van der Waals surface area contributed by atoms with E-state index in [2.05, 4.69) is 22.6 Å². The quantitative estimate of drug-likeness (QED) is 0.341. The van der Waals surface area contributed by atoms with E-state index < -0.39 is 11.5 Å². The van der Waals surface area contributed by atoms with Crippen LogP contribution in [0.15, 0.2) is 55.5 Å². The Kier molecular flexibility index (Phi) is 7.69. The van der Waals surface area contributed by atoms with Gasteiger partial charge in [0.1, 0.15) is 5.49 Å². The molecule has 0 bridgehead atoms. The molecule has 214 valence electrons. The summed E-state index contributed by atoms with van der Waals surface area (Å²) >= 11 is 0. The van der Waals surface area contributed by atoms with Gasteiger partial charge < -0.3 is 19.3 Å². The second-order valence-corrected chi connectivity index (χ2v) is 10.0. The minimum absolute atomic E-state index is 0.115. The monoisotopic (exact) mass is 559 g/mol. The molecular formula is C30H33N5O6. The van der Waals surface area contributed by atoms with Crippen LogP contribution in [0.25, 0.3) is 11.3 Å². The number of aromatic amines is 1. The maximum Gasteiger partial charge on any atom is 0.330 e. The van der Waals surface area contributed by atoms with Crippen molar-refractivity contribution in [3.63, 3.8) is 0 Å². The maximum atomic E-state index is 14.0. The van der Waals surface area contributed by atoms with Gasteiger partial charge in [0, 0.05) is 31.3 Å². The van der Waals surface area contributed by atoms with Crippen LogP contribution in [-0.2, 0) is 19.5 Å². The van der Waals surface area contributed by atoms with E-state index in [1.807, 2.05) is 45.9 Å². The van der Waals surface area contributed by atoms with Crippen LogP contribution in [0.4, 0.5) is 5.69 Å². The van der Waals surface area contributed by atoms with E-state index >= 15 is 0 Å². The first-order valence-corrected chi connectivity index (χ1v) is 13.5. The minimum Gasteiger partial charge on any atom is -0.493 e. The summed E-state index contributed by atoms with van der Waals surface area (Å²) in [4.78, 5) is 42.7. The van der Waals surface area contributed by atoms with Crippen LogP contribution < -0.4 is 31.5 Å². The van der Waals surface area contributed by atoms with E-state index in [9.17, 15) is 14.4 Å². The van der Waals surface area contributed by atoms with Crippen LogP contribution in [0.3, 0.4) is 0 Å². The zero-order valence-electron chi connectivity index (χ0n) is 23.8. The van der Waals surface area contributed by atoms with Gasteiger partial charge in [0.05, 0.1) is 31.2 Å². The summed E-state index contributed by atoms with van der Waals surface area (Å²) in [6.07, 6.45) is 0.641. The lowest BCUT2D eigenvalue weighted by Gasteiger charge is -2.25. The highest BCUT2D eigenvalue weighted by atomic mass is 16.5. The lowest BCUT2D eigenvalue weighted by Crippen LogP contribution is -2.44. The third-order valence-corrected chi connectivity index (χ3v) is 7.10. The molecule has 0 spiro atoms. The fourth-order valence-corrected chi connectivity index (χ4v) is 5.30. The van der Waals surface area contributed by atoms with E-state index in [1.54, 1.807) is 16.2 Å². The molecule has 2 N–H and O–H groups in total. The molecule has 0 unspecified atom stereocenters. The van der Waals surface area contributed by atoms with E-state index in [0.29, 0.717) is 36.6 Å². The van der Waals surface area contributed by atoms with Gasteiger partial charge in [0.2, 0.25) is 5.76 Å². The molecule has 2 aromatic carbocycles. The standard InChI is InChI=1S/C30H33N5O6/c1-6-40-24-13-20-7-9-34-22(21(20)14-23(24)39-5)15-26(32-28-18(3)11-17(2)12-19(28)4)35(30(34)38)10-8-31-29(37)25-16-27(36)33-41-25/h11-16H,6-10H2,1-5H3,(H,31,37)(H,33,36). The van der Waals surface area contributed by atoms with Gasteiger partial charge in [-0.1, -0.05) is 17.7 Å². The average molecular weight is 560 g/mol. The molecule has 5 rings (SSSR count). The van der Waals surface area contributed by atoms with Crippen LogP contribution in [0, 0.1) is 20.8 Å². The number of benzene rings is 2. The van der Waals surface area contributed by atoms with Crippen molar-refractivity contribution >= 4 is 11.6 Å². The first kappa shape index (κ1) is 27.8. The lowest BCUT2D eigenvalue weighted by molar-refractivity contribution is 0.0915. The first-order chi connectivity index (χ1) is 19.7. The minimum atomic E-state index is -0.558. The number of nitrogens with zero attached hydrogens (tertiary/aromatic N) is 3. The topological polar surface area (TPSA) is 133 Å². The van der Waals surface area contributed by atoms with Crippen LogP contribution in [-0.4, -0.2) is 40.5 Å². The predicted molar refractivity (Wildman–Crippen MR) is 153 cm³/mol. The van der Waals surface area contributed by atoms with Gasteiger partial charge in [0.25, 0.3) is 11.5 Å². The zero-order chi connectivity index (χ0) is 29.3.